The molecule has 2 rings (SSSR count). The zero-order valence-electron chi connectivity index (χ0n) is 15.0. The van der Waals surface area contributed by atoms with Gasteiger partial charge in [-0.2, -0.15) is 11.8 Å². The van der Waals surface area contributed by atoms with Crippen molar-refractivity contribution in [2.75, 3.05) is 11.1 Å². The highest BCUT2D eigenvalue weighted by atomic mass is 32.2. The Hall–Kier alpha value is -3.74. The minimum atomic E-state index is -1.62. The standard InChI is InChI=1S/C17H14FN3O8S/c18-11-3-1-2-9(4-11)7-30-8-12(17(24)25)19-15-13(20(26)27)5-10(16(22)23)6-14(15)21(28)29/h1-6,12,19H,7-8H2,(H,22,23)(H,24,25). The molecule has 158 valence electrons. The summed E-state index contributed by atoms with van der Waals surface area (Å²) in [7, 11) is 0. The molecular weight excluding hydrogens is 425 g/mol. The van der Waals surface area contributed by atoms with Crippen LogP contribution in [0.2, 0.25) is 0 Å². The lowest BCUT2D eigenvalue weighted by Gasteiger charge is -2.16. The maximum absolute atomic E-state index is 13.2. The van der Waals surface area contributed by atoms with Crippen molar-refractivity contribution < 1.29 is 34.0 Å². The molecule has 30 heavy (non-hydrogen) atoms. The predicted octanol–water partition coefficient (Wildman–Crippen LogP) is 3.14. The van der Waals surface area contributed by atoms with Crippen LogP contribution in [0.15, 0.2) is 36.4 Å². The Morgan fingerprint density at radius 1 is 1.10 bits per heavy atom. The SMILES string of the molecule is O=C(O)c1cc([N+](=O)[O-])c(NC(CSCc2cccc(F)c2)C(=O)O)c([N+](=O)[O-])c1. The number of thioether (sulfide) groups is 1. The Labute approximate surface area is 171 Å². The van der Waals surface area contributed by atoms with Crippen LogP contribution in [0.1, 0.15) is 15.9 Å². The summed E-state index contributed by atoms with van der Waals surface area (Å²) in [6.07, 6.45) is 0. The van der Waals surface area contributed by atoms with Gasteiger partial charge >= 0.3 is 11.9 Å². The van der Waals surface area contributed by atoms with Crippen molar-refractivity contribution in [1.29, 1.82) is 0 Å². The number of nitrogens with one attached hydrogen (secondary N) is 1. The van der Waals surface area contributed by atoms with Crippen LogP contribution < -0.4 is 5.32 Å². The number of carboxylic acid groups (broad SMARTS) is 2. The molecule has 0 radical (unpaired) electrons. The third-order valence-corrected chi connectivity index (χ3v) is 4.90. The number of carboxylic acids is 2. The van der Waals surface area contributed by atoms with E-state index in [9.17, 15) is 39.3 Å². The molecule has 13 heteroatoms. The van der Waals surface area contributed by atoms with E-state index in [1.807, 2.05) is 0 Å². The smallest absolute Gasteiger partial charge is 0.336 e. The van der Waals surface area contributed by atoms with E-state index >= 15 is 0 Å². The Morgan fingerprint density at radius 3 is 2.17 bits per heavy atom. The van der Waals surface area contributed by atoms with Gasteiger partial charge in [-0.1, -0.05) is 12.1 Å². The normalized spacial score (nSPS) is 11.5. The zero-order chi connectivity index (χ0) is 22.4. The minimum Gasteiger partial charge on any atom is -0.480 e. The molecule has 0 aliphatic carbocycles. The summed E-state index contributed by atoms with van der Waals surface area (Å²) in [6.45, 7) is 0. The van der Waals surface area contributed by atoms with Crippen LogP contribution in [-0.4, -0.2) is 43.8 Å². The van der Waals surface area contributed by atoms with Crippen LogP contribution in [0.25, 0.3) is 0 Å². The molecule has 0 spiro atoms. The van der Waals surface area contributed by atoms with Crippen LogP contribution >= 0.6 is 11.8 Å². The van der Waals surface area contributed by atoms with Gasteiger partial charge in [-0.25, -0.2) is 14.0 Å². The number of aliphatic carboxylic acids is 1. The largest absolute Gasteiger partial charge is 0.480 e. The number of rotatable bonds is 10. The van der Waals surface area contributed by atoms with E-state index in [1.54, 1.807) is 6.07 Å². The summed E-state index contributed by atoms with van der Waals surface area (Å²) in [5.41, 5.74) is -2.71. The van der Waals surface area contributed by atoms with Crippen molar-refractivity contribution in [2.24, 2.45) is 0 Å². The van der Waals surface area contributed by atoms with Crippen LogP contribution in [0.5, 0.6) is 0 Å². The lowest BCUT2D eigenvalue weighted by molar-refractivity contribution is -0.392. The molecule has 0 heterocycles. The number of hydrogen-bond donors (Lipinski definition) is 3. The first-order valence-corrected chi connectivity index (χ1v) is 9.27. The van der Waals surface area contributed by atoms with Gasteiger partial charge in [0.15, 0.2) is 5.69 Å². The number of nitro benzene ring substituents is 2. The molecule has 0 amide bonds. The number of hydrogen-bond acceptors (Lipinski definition) is 8. The Morgan fingerprint density at radius 2 is 1.70 bits per heavy atom. The Balaban J connectivity index is 2.31. The number of nitrogens with zero attached hydrogens (tertiary/aromatic N) is 2. The fourth-order valence-corrected chi connectivity index (χ4v) is 3.44. The summed E-state index contributed by atoms with van der Waals surface area (Å²) in [4.78, 5) is 43.2. The molecule has 0 aromatic heterocycles. The summed E-state index contributed by atoms with van der Waals surface area (Å²) in [5.74, 6) is -3.46. The van der Waals surface area contributed by atoms with E-state index in [1.165, 1.54) is 18.2 Å². The quantitative estimate of drug-likeness (QED) is 0.368. The topological polar surface area (TPSA) is 173 Å². The van der Waals surface area contributed by atoms with Crippen molar-refractivity contribution in [2.45, 2.75) is 11.8 Å². The average Bonchev–Trinajstić information content (AvgIpc) is 2.66. The van der Waals surface area contributed by atoms with E-state index in [4.69, 9.17) is 5.11 Å². The van der Waals surface area contributed by atoms with Gasteiger partial charge in [-0.05, 0) is 17.7 Å². The van der Waals surface area contributed by atoms with Gasteiger partial charge in [0.25, 0.3) is 11.4 Å². The van der Waals surface area contributed by atoms with Gasteiger partial charge in [-0.15, -0.1) is 0 Å². The van der Waals surface area contributed by atoms with E-state index in [-0.39, 0.29) is 11.5 Å². The molecule has 11 nitrogen and oxygen atoms in total. The van der Waals surface area contributed by atoms with Gasteiger partial charge < -0.3 is 15.5 Å². The van der Waals surface area contributed by atoms with Crippen LogP contribution in [0.4, 0.5) is 21.5 Å². The van der Waals surface area contributed by atoms with Gasteiger partial charge in [0, 0.05) is 23.6 Å². The van der Waals surface area contributed by atoms with Crippen molar-refractivity contribution in [3.63, 3.8) is 0 Å². The van der Waals surface area contributed by atoms with E-state index in [0.29, 0.717) is 17.7 Å². The summed E-state index contributed by atoms with van der Waals surface area (Å²) < 4.78 is 13.2. The number of nitro groups is 2. The fraction of sp³-hybridized carbons (Fsp3) is 0.176. The summed E-state index contributed by atoms with van der Waals surface area (Å²) >= 11 is 1.06. The van der Waals surface area contributed by atoms with E-state index < -0.39 is 56.3 Å². The van der Waals surface area contributed by atoms with Crippen molar-refractivity contribution in [3.05, 3.63) is 73.6 Å². The molecular formula is C17H14FN3O8S. The highest BCUT2D eigenvalue weighted by Crippen LogP contribution is 2.36. The molecule has 0 aliphatic rings. The summed E-state index contributed by atoms with van der Waals surface area (Å²) in [6, 6.07) is 5.35. The van der Waals surface area contributed by atoms with Gasteiger partial charge in [0.1, 0.15) is 11.9 Å². The molecule has 1 atom stereocenters. The third kappa shape index (κ3) is 5.64. The second kappa shape index (κ2) is 9.65. The highest BCUT2D eigenvalue weighted by Gasteiger charge is 2.32. The lowest BCUT2D eigenvalue weighted by atomic mass is 10.1. The van der Waals surface area contributed by atoms with Crippen molar-refractivity contribution in [1.82, 2.24) is 0 Å². The first kappa shape index (κ1) is 22.5. The fourth-order valence-electron chi connectivity index (χ4n) is 2.44. The number of anilines is 1. The Kier molecular flexibility index (Phi) is 7.25. The lowest BCUT2D eigenvalue weighted by Crippen LogP contribution is -2.32. The van der Waals surface area contributed by atoms with E-state index in [2.05, 4.69) is 5.32 Å². The maximum atomic E-state index is 13.2. The van der Waals surface area contributed by atoms with Crippen LogP contribution in [-0.2, 0) is 10.5 Å². The van der Waals surface area contributed by atoms with Gasteiger partial charge in [0.05, 0.1) is 15.4 Å². The molecule has 3 N–H and O–H groups in total. The third-order valence-electron chi connectivity index (χ3n) is 3.80. The molecule has 0 aliphatic heterocycles. The second-order valence-corrected chi connectivity index (χ2v) is 6.92. The number of aromatic carboxylic acids is 1. The van der Waals surface area contributed by atoms with Crippen LogP contribution in [0, 0.1) is 26.0 Å². The molecule has 2 aromatic rings. The molecule has 1 unspecified atom stereocenters. The number of halogens is 1. The molecule has 2 aromatic carbocycles. The van der Waals surface area contributed by atoms with Gasteiger partial charge in [-0.3, -0.25) is 20.2 Å². The highest BCUT2D eigenvalue weighted by molar-refractivity contribution is 7.98. The zero-order valence-corrected chi connectivity index (χ0v) is 15.8. The molecule has 0 saturated carbocycles. The predicted molar refractivity (Wildman–Crippen MR) is 104 cm³/mol. The van der Waals surface area contributed by atoms with Gasteiger partial charge in [0.2, 0.25) is 0 Å². The minimum absolute atomic E-state index is 0.166. The van der Waals surface area contributed by atoms with Crippen LogP contribution in [0.3, 0.4) is 0 Å². The average molecular weight is 439 g/mol. The monoisotopic (exact) mass is 439 g/mol. The Bertz CT molecular complexity index is 981. The van der Waals surface area contributed by atoms with E-state index in [0.717, 1.165) is 11.8 Å². The summed E-state index contributed by atoms with van der Waals surface area (Å²) in [5, 5.41) is 43.3. The van der Waals surface area contributed by atoms with Crippen molar-refractivity contribution >= 4 is 40.8 Å². The second-order valence-electron chi connectivity index (χ2n) is 5.89. The first-order valence-electron chi connectivity index (χ1n) is 8.11. The number of benzene rings is 2. The molecule has 0 saturated heterocycles. The van der Waals surface area contributed by atoms with Crippen molar-refractivity contribution in [3.8, 4) is 0 Å². The maximum Gasteiger partial charge on any atom is 0.336 e. The first-order chi connectivity index (χ1) is 14.1. The molecule has 0 bridgehead atoms. The molecule has 0 fully saturated rings. The number of carbonyl (C=O) groups is 2.